The molecule has 0 aliphatic carbocycles. The summed E-state index contributed by atoms with van der Waals surface area (Å²) in [6.07, 6.45) is -0.108. The molecule has 0 saturated carbocycles. The van der Waals surface area contributed by atoms with E-state index in [2.05, 4.69) is 26.2 Å². The van der Waals surface area contributed by atoms with Gasteiger partial charge in [0.15, 0.2) is 0 Å². The lowest BCUT2D eigenvalue weighted by Gasteiger charge is -2.37. The molecule has 1 aliphatic heterocycles. The van der Waals surface area contributed by atoms with Gasteiger partial charge in [-0.3, -0.25) is 4.79 Å². The van der Waals surface area contributed by atoms with Crippen LogP contribution in [-0.4, -0.2) is 60.8 Å². The molecular formula is C15H21BrClN3O4. The molecule has 0 radical (unpaired) electrons. The normalized spacial score (nSPS) is 20.8. The van der Waals surface area contributed by atoms with Crippen molar-refractivity contribution in [3.8, 4) is 0 Å². The van der Waals surface area contributed by atoms with Crippen molar-refractivity contribution in [3.05, 3.63) is 20.9 Å². The van der Waals surface area contributed by atoms with Crippen LogP contribution in [0.25, 0.3) is 0 Å². The lowest BCUT2D eigenvalue weighted by atomic mass is 10.0. The molecule has 0 aromatic carbocycles. The first-order valence-electron chi connectivity index (χ1n) is 7.67. The summed E-state index contributed by atoms with van der Waals surface area (Å²) in [7, 11) is 1.56. The molecule has 1 fully saturated rings. The molecule has 0 bridgehead atoms. The van der Waals surface area contributed by atoms with Crippen LogP contribution in [0.15, 0.2) is 4.47 Å². The highest BCUT2D eigenvalue weighted by molar-refractivity contribution is 9.10. The lowest BCUT2D eigenvalue weighted by molar-refractivity contribution is 0.00450. The number of nitrogens with one attached hydrogen (secondary N) is 2. The van der Waals surface area contributed by atoms with Gasteiger partial charge in [-0.25, -0.2) is 4.79 Å². The van der Waals surface area contributed by atoms with E-state index in [9.17, 15) is 9.59 Å². The SMILES string of the molecule is CCOC(=O)N1CC[C@@H](NC(=O)c2[nH]c(C)c(Br)c2Cl)[C@@H](OC)C1. The Kier molecular flexibility index (Phi) is 6.54. The van der Waals surface area contributed by atoms with Crippen molar-refractivity contribution >= 4 is 39.5 Å². The number of amides is 2. The number of hydrogen-bond acceptors (Lipinski definition) is 4. The van der Waals surface area contributed by atoms with E-state index < -0.39 is 0 Å². The number of ether oxygens (including phenoxy) is 2. The van der Waals surface area contributed by atoms with Gasteiger partial charge < -0.3 is 24.7 Å². The first-order chi connectivity index (χ1) is 11.4. The van der Waals surface area contributed by atoms with E-state index in [4.69, 9.17) is 21.1 Å². The number of aryl methyl sites for hydroxylation is 1. The molecule has 1 aliphatic rings. The van der Waals surface area contributed by atoms with E-state index in [0.717, 1.165) is 5.69 Å². The number of nitrogens with zero attached hydrogens (tertiary/aromatic N) is 1. The van der Waals surface area contributed by atoms with Crippen molar-refractivity contribution in [3.63, 3.8) is 0 Å². The summed E-state index contributed by atoms with van der Waals surface area (Å²) in [5.74, 6) is -0.301. The fraction of sp³-hybridized carbons (Fsp3) is 0.600. The van der Waals surface area contributed by atoms with Gasteiger partial charge in [0.2, 0.25) is 0 Å². The zero-order valence-corrected chi connectivity index (χ0v) is 16.2. The van der Waals surface area contributed by atoms with Gasteiger partial charge in [0.05, 0.1) is 34.8 Å². The molecule has 2 amide bonds. The summed E-state index contributed by atoms with van der Waals surface area (Å²) in [5, 5.41) is 3.28. The van der Waals surface area contributed by atoms with E-state index in [1.807, 2.05) is 6.92 Å². The molecule has 2 N–H and O–H groups in total. The monoisotopic (exact) mass is 421 g/mol. The fourth-order valence-electron chi connectivity index (χ4n) is 2.67. The van der Waals surface area contributed by atoms with Crippen LogP contribution in [0, 0.1) is 6.92 Å². The van der Waals surface area contributed by atoms with Crippen molar-refractivity contribution in [1.82, 2.24) is 15.2 Å². The van der Waals surface area contributed by atoms with Crippen LogP contribution < -0.4 is 5.32 Å². The minimum atomic E-state index is -0.365. The topological polar surface area (TPSA) is 83.7 Å². The second-order valence-electron chi connectivity index (χ2n) is 5.54. The summed E-state index contributed by atoms with van der Waals surface area (Å²) in [4.78, 5) is 28.8. The van der Waals surface area contributed by atoms with Gasteiger partial charge in [-0.15, -0.1) is 0 Å². The lowest BCUT2D eigenvalue weighted by Crippen LogP contribution is -2.56. The van der Waals surface area contributed by atoms with Gasteiger partial charge in [-0.1, -0.05) is 11.6 Å². The number of carbonyl (C=O) groups is 2. The van der Waals surface area contributed by atoms with Crippen LogP contribution in [0.5, 0.6) is 0 Å². The van der Waals surface area contributed by atoms with Gasteiger partial charge in [0, 0.05) is 19.3 Å². The Morgan fingerprint density at radius 3 is 2.75 bits per heavy atom. The molecule has 2 heterocycles. The van der Waals surface area contributed by atoms with Crippen molar-refractivity contribution in [2.45, 2.75) is 32.4 Å². The largest absolute Gasteiger partial charge is 0.450 e. The fourth-order valence-corrected chi connectivity index (χ4v) is 3.24. The van der Waals surface area contributed by atoms with Crippen LogP contribution in [0.3, 0.4) is 0 Å². The van der Waals surface area contributed by atoms with Gasteiger partial charge in [-0.2, -0.15) is 0 Å². The number of hydrogen-bond donors (Lipinski definition) is 2. The third-order valence-electron chi connectivity index (χ3n) is 3.99. The number of piperidine rings is 1. The quantitative estimate of drug-likeness (QED) is 0.781. The Morgan fingerprint density at radius 2 is 2.21 bits per heavy atom. The van der Waals surface area contributed by atoms with Crippen molar-refractivity contribution in [2.24, 2.45) is 0 Å². The van der Waals surface area contributed by atoms with Crippen LogP contribution >= 0.6 is 27.5 Å². The van der Waals surface area contributed by atoms with Gasteiger partial charge >= 0.3 is 6.09 Å². The van der Waals surface area contributed by atoms with Crippen molar-refractivity contribution in [2.75, 3.05) is 26.8 Å². The summed E-state index contributed by atoms with van der Waals surface area (Å²) >= 11 is 9.49. The van der Waals surface area contributed by atoms with Gasteiger partial charge in [0.1, 0.15) is 5.69 Å². The number of aromatic nitrogens is 1. The smallest absolute Gasteiger partial charge is 0.409 e. The average molecular weight is 423 g/mol. The molecule has 1 saturated heterocycles. The van der Waals surface area contributed by atoms with Crippen LogP contribution in [-0.2, 0) is 9.47 Å². The first kappa shape index (κ1) is 19.1. The summed E-state index contributed by atoms with van der Waals surface area (Å²) in [6.45, 7) is 4.76. The van der Waals surface area contributed by atoms with E-state index in [-0.39, 0.29) is 24.1 Å². The third kappa shape index (κ3) is 4.04. The van der Waals surface area contributed by atoms with Gasteiger partial charge in [0.25, 0.3) is 5.91 Å². The minimum absolute atomic E-state index is 0.216. The average Bonchev–Trinajstić information content (AvgIpc) is 2.83. The zero-order chi connectivity index (χ0) is 17.9. The number of likely N-dealkylation sites (tertiary alicyclic amines) is 1. The van der Waals surface area contributed by atoms with Crippen LogP contribution in [0.2, 0.25) is 5.02 Å². The molecule has 134 valence electrons. The highest BCUT2D eigenvalue weighted by Crippen LogP contribution is 2.29. The molecule has 0 unspecified atom stereocenters. The summed E-state index contributed by atoms with van der Waals surface area (Å²) in [5.41, 5.74) is 1.09. The second-order valence-corrected chi connectivity index (χ2v) is 6.71. The third-order valence-corrected chi connectivity index (χ3v) is 5.58. The number of methoxy groups -OCH3 is 1. The van der Waals surface area contributed by atoms with E-state index in [0.29, 0.717) is 41.3 Å². The summed E-state index contributed by atoms with van der Waals surface area (Å²) in [6, 6.07) is -0.216. The Bertz CT molecular complexity index is 622. The van der Waals surface area contributed by atoms with E-state index >= 15 is 0 Å². The highest BCUT2D eigenvalue weighted by Gasteiger charge is 2.34. The molecule has 1 aromatic rings. The van der Waals surface area contributed by atoms with Crippen LogP contribution in [0.1, 0.15) is 29.5 Å². The zero-order valence-electron chi connectivity index (χ0n) is 13.8. The molecule has 0 spiro atoms. The Labute approximate surface area is 154 Å². The molecule has 1 aromatic heterocycles. The van der Waals surface area contributed by atoms with Crippen molar-refractivity contribution in [1.29, 1.82) is 0 Å². The maximum absolute atomic E-state index is 12.5. The Hall–Kier alpha value is -1.25. The van der Waals surface area contributed by atoms with Crippen LogP contribution in [0.4, 0.5) is 4.79 Å². The maximum Gasteiger partial charge on any atom is 0.409 e. The number of halogens is 2. The number of rotatable bonds is 4. The summed E-state index contributed by atoms with van der Waals surface area (Å²) < 4.78 is 11.1. The molecule has 2 atom stereocenters. The van der Waals surface area contributed by atoms with E-state index in [1.165, 1.54) is 0 Å². The van der Waals surface area contributed by atoms with E-state index in [1.54, 1.807) is 18.9 Å². The first-order valence-corrected chi connectivity index (χ1v) is 8.85. The minimum Gasteiger partial charge on any atom is -0.450 e. The predicted molar refractivity (Wildman–Crippen MR) is 93.5 cm³/mol. The van der Waals surface area contributed by atoms with Crippen molar-refractivity contribution < 1.29 is 19.1 Å². The molecule has 2 rings (SSSR count). The van der Waals surface area contributed by atoms with Gasteiger partial charge in [-0.05, 0) is 36.2 Å². The second kappa shape index (κ2) is 8.22. The maximum atomic E-state index is 12.5. The molecular weight excluding hydrogens is 402 g/mol. The Balaban J connectivity index is 2.03. The standard InChI is InChI=1S/C15H21BrClN3O4/c1-4-24-15(22)20-6-5-9(10(7-20)23-3)19-14(21)13-12(17)11(16)8(2)18-13/h9-10,18H,4-7H2,1-3H3,(H,19,21)/t9-,10+/m1/s1. The number of carbonyl (C=O) groups excluding carboxylic acids is 2. The highest BCUT2D eigenvalue weighted by atomic mass is 79.9. The number of aromatic amines is 1. The molecule has 9 heteroatoms. The molecule has 24 heavy (non-hydrogen) atoms. The number of H-pyrrole nitrogens is 1. The predicted octanol–water partition coefficient (Wildman–Crippen LogP) is 2.71. The molecule has 7 nitrogen and oxygen atoms in total. The Morgan fingerprint density at radius 1 is 1.50 bits per heavy atom.